The average Bonchev–Trinajstić information content (AvgIpc) is 3.14. The van der Waals surface area contributed by atoms with E-state index in [9.17, 15) is 4.79 Å². The molecule has 0 heterocycles. The number of nitrogens with zero attached hydrogens (tertiary/aromatic N) is 1. The summed E-state index contributed by atoms with van der Waals surface area (Å²) in [5.41, 5.74) is 2.58. The van der Waals surface area contributed by atoms with Gasteiger partial charge in [-0.15, -0.1) is 0 Å². The van der Waals surface area contributed by atoms with Crippen molar-refractivity contribution in [3.63, 3.8) is 0 Å². The number of carbonyl (C=O) groups excluding carboxylic acids is 1. The lowest BCUT2D eigenvalue weighted by molar-refractivity contribution is -0.126. The number of rotatable bonds is 6. The Morgan fingerprint density at radius 1 is 1.18 bits per heavy atom. The minimum atomic E-state index is 0.315. The van der Waals surface area contributed by atoms with Crippen LogP contribution in [-0.2, 0) is 11.2 Å². The maximum absolute atomic E-state index is 12.2. The molecule has 3 rings (SSSR count). The van der Waals surface area contributed by atoms with E-state index in [1.165, 1.54) is 30.5 Å². The molecule has 3 heteroatoms. The minimum Gasteiger partial charge on any atom is -0.378 e. The highest BCUT2D eigenvalue weighted by Gasteiger charge is 2.42. The molecule has 1 N–H and O–H groups in total. The predicted molar refractivity (Wildman–Crippen MR) is 91.0 cm³/mol. The second-order valence-electron chi connectivity index (χ2n) is 7.24. The number of hydrogen-bond acceptors (Lipinski definition) is 2. The van der Waals surface area contributed by atoms with Crippen molar-refractivity contribution in [3.05, 3.63) is 29.8 Å². The Morgan fingerprint density at radius 2 is 1.95 bits per heavy atom. The number of aryl methyl sites for hydroxylation is 1. The van der Waals surface area contributed by atoms with E-state index < -0.39 is 0 Å². The van der Waals surface area contributed by atoms with E-state index in [1.54, 1.807) is 0 Å². The van der Waals surface area contributed by atoms with E-state index in [-0.39, 0.29) is 0 Å². The average molecular weight is 300 g/mol. The lowest BCUT2D eigenvalue weighted by Crippen LogP contribution is -2.34. The molecular formula is C19H28N2O. The molecule has 1 aromatic carbocycles. The molecule has 2 fully saturated rings. The van der Waals surface area contributed by atoms with Gasteiger partial charge in [-0.05, 0) is 61.6 Å². The molecule has 1 aromatic rings. The fourth-order valence-corrected chi connectivity index (χ4v) is 4.16. The monoisotopic (exact) mass is 300 g/mol. The third-order valence-corrected chi connectivity index (χ3v) is 5.47. The molecular weight excluding hydrogens is 272 g/mol. The summed E-state index contributed by atoms with van der Waals surface area (Å²) in [6.45, 7) is 0.808. The summed E-state index contributed by atoms with van der Waals surface area (Å²) in [6.07, 6.45) is 7.13. The molecule has 0 saturated heterocycles. The first kappa shape index (κ1) is 15.4. The molecule has 0 unspecified atom stereocenters. The SMILES string of the molecule is CN(C)c1ccc(CCCNC(=O)[C@@H]2C[C@H]3CC[C@H]2C3)cc1. The van der Waals surface area contributed by atoms with Gasteiger partial charge in [0, 0.05) is 32.2 Å². The van der Waals surface area contributed by atoms with Crippen LogP contribution in [0.1, 0.15) is 37.7 Å². The van der Waals surface area contributed by atoms with Crippen molar-refractivity contribution in [1.29, 1.82) is 0 Å². The van der Waals surface area contributed by atoms with Crippen molar-refractivity contribution < 1.29 is 4.79 Å². The zero-order chi connectivity index (χ0) is 15.5. The maximum Gasteiger partial charge on any atom is 0.223 e. The first-order chi connectivity index (χ1) is 10.6. The highest BCUT2D eigenvalue weighted by atomic mass is 16.1. The van der Waals surface area contributed by atoms with Crippen molar-refractivity contribution in [1.82, 2.24) is 5.32 Å². The van der Waals surface area contributed by atoms with Gasteiger partial charge < -0.3 is 10.2 Å². The molecule has 0 spiro atoms. The molecule has 2 bridgehead atoms. The first-order valence-electron chi connectivity index (χ1n) is 8.67. The molecule has 3 nitrogen and oxygen atoms in total. The van der Waals surface area contributed by atoms with Gasteiger partial charge in [0.2, 0.25) is 5.91 Å². The lowest BCUT2D eigenvalue weighted by Gasteiger charge is -2.20. The predicted octanol–water partition coefficient (Wildman–Crippen LogP) is 3.24. The van der Waals surface area contributed by atoms with Crippen molar-refractivity contribution >= 4 is 11.6 Å². The van der Waals surface area contributed by atoms with Crippen LogP contribution in [0.3, 0.4) is 0 Å². The number of nitrogens with one attached hydrogen (secondary N) is 1. The number of fused-ring (bicyclic) bond motifs is 2. The second kappa shape index (κ2) is 6.72. The largest absolute Gasteiger partial charge is 0.378 e. The number of amides is 1. The molecule has 2 saturated carbocycles. The van der Waals surface area contributed by atoms with Crippen molar-refractivity contribution in [2.75, 3.05) is 25.5 Å². The van der Waals surface area contributed by atoms with Crippen LogP contribution in [-0.4, -0.2) is 26.5 Å². The fraction of sp³-hybridized carbons (Fsp3) is 0.632. The van der Waals surface area contributed by atoms with Crippen molar-refractivity contribution in [2.45, 2.75) is 38.5 Å². The van der Waals surface area contributed by atoms with Crippen LogP contribution < -0.4 is 10.2 Å². The summed E-state index contributed by atoms with van der Waals surface area (Å²) in [7, 11) is 4.11. The molecule has 0 radical (unpaired) electrons. The Labute approximate surface area is 134 Å². The molecule has 120 valence electrons. The van der Waals surface area contributed by atoms with E-state index in [4.69, 9.17) is 0 Å². The molecule has 0 aliphatic heterocycles. The smallest absolute Gasteiger partial charge is 0.223 e. The normalized spacial score (nSPS) is 26.2. The molecule has 1 amide bonds. The van der Waals surface area contributed by atoms with E-state index >= 15 is 0 Å². The molecule has 3 atom stereocenters. The summed E-state index contributed by atoms with van der Waals surface area (Å²) >= 11 is 0. The molecule has 22 heavy (non-hydrogen) atoms. The van der Waals surface area contributed by atoms with E-state index in [0.29, 0.717) is 17.7 Å². The Balaban J connectivity index is 1.37. The van der Waals surface area contributed by atoms with Gasteiger partial charge >= 0.3 is 0 Å². The Morgan fingerprint density at radius 3 is 2.55 bits per heavy atom. The fourth-order valence-electron chi connectivity index (χ4n) is 4.16. The number of benzene rings is 1. The number of carbonyl (C=O) groups is 1. The van der Waals surface area contributed by atoms with Crippen LogP contribution in [0.5, 0.6) is 0 Å². The van der Waals surface area contributed by atoms with E-state index in [0.717, 1.165) is 31.7 Å². The van der Waals surface area contributed by atoms with Crippen LogP contribution in [0.4, 0.5) is 5.69 Å². The number of anilines is 1. The van der Waals surface area contributed by atoms with Gasteiger partial charge in [0.25, 0.3) is 0 Å². The topological polar surface area (TPSA) is 32.3 Å². The van der Waals surface area contributed by atoms with Crippen LogP contribution in [0.15, 0.2) is 24.3 Å². The van der Waals surface area contributed by atoms with E-state index in [2.05, 4.69) is 48.6 Å². The zero-order valence-corrected chi connectivity index (χ0v) is 13.8. The van der Waals surface area contributed by atoms with Crippen LogP contribution in [0.2, 0.25) is 0 Å². The third-order valence-electron chi connectivity index (χ3n) is 5.47. The summed E-state index contributed by atoms with van der Waals surface area (Å²) < 4.78 is 0. The maximum atomic E-state index is 12.2. The lowest BCUT2D eigenvalue weighted by atomic mass is 9.88. The Hall–Kier alpha value is -1.51. The molecule has 0 aromatic heterocycles. The minimum absolute atomic E-state index is 0.315. The molecule has 2 aliphatic carbocycles. The zero-order valence-electron chi connectivity index (χ0n) is 13.8. The highest BCUT2D eigenvalue weighted by Crippen LogP contribution is 2.48. The van der Waals surface area contributed by atoms with Crippen molar-refractivity contribution in [2.24, 2.45) is 17.8 Å². The van der Waals surface area contributed by atoms with Gasteiger partial charge in [-0.25, -0.2) is 0 Å². The van der Waals surface area contributed by atoms with Crippen LogP contribution in [0.25, 0.3) is 0 Å². The molecule has 2 aliphatic rings. The van der Waals surface area contributed by atoms with Gasteiger partial charge in [0.15, 0.2) is 0 Å². The van der Waals surface area contributed by atoms with Gasteiger partial charge in [-0.2, -0.15) is 0 Å². The highest BCUT2D eigenvalue weighted by molar-refractivity contribution is 5.79. The summed E-state index contributed by atoms with van der Waals surface area (Å²) in [5, 5.41) is 3.16. The number of hydrogen-bond donors (Lipinski definition) is 1. The van der Waals surface area contributed by atoms with Crippen molar-refractivity contribution in [3.8, 4) is 0 Å². The first-order valence-corrected chi connectivity index (χ1v) is 8.67. The summed E-state index contributed by atoms with van der Waals surface area (Å²) in [6, 6.07) is 8.69. The van der Waals surface area contributed by atoms with E-state index in [1.807, 2.05) is 0 Å². The van der Waals surface area contributed by atoms with Crippen LogP contribution >= 0.6 is 0 Å². The standard InChI is InChI=1S/C19H28N2O/c1-21(2)17-9-6-14(7-10-17)4-3-11-20-19(22)18-13-15-5-8-16(18)12-15/h6-7,9-10,15-16,18H,3-5,8,11-13H2,1-2H3,(H,20,22)/t15-,16-,18+/m0/s1. The second-order valence-corrected chi connectivity index (χ2v) is 7.24. The Bertz CT molecular complexity index is 509. The summed E-state index contributed by atoms with van der Waals surface area (Å²) in [4.78, 5) is 14.4. The van der Waals surface area contributed by atoms with Gasteiger partial charge in [0.1, 0.15) is 0 Å². The summed E-state index contributed by atoms with van der Waals surface area (Å²) in [5.74, 6) is 2.16. The van der Waals surface area contributed by atoms with Gasteiger partial charge in [0.05, 0.1) is 0 Å². The van der Waals surface area contributed by atoms with Gasteiger partial charge in [-0.1, -0.05) is 18.6 Å². The third kappa shape index (κ3) is 3.45. The van der Waals surface area contributed by atoms with Crippen LogP contribution in [0, 0.1) is 17.8 Å². The quantitative estimate of drug-likeness (QED) is 0.818. The van der Waals surface area contributed by atoms with Gasteiger partial charge in [-0.3, -0.25) is 4.79 Å². The Kier molecular flexibility index (Phi) is 4.70.